The van der Waals surface area contributed by atoms with E-state index in [2.05, 4.69) is 84.8 Å². The van der Waals surface area contributed by atoms with Gasteiger partial charge in [-0.2, -0.15) is 4.57 Å². The van der Waals surface area contributed by atoms with Gasteiger partial charge in [-0.05, 0) is 37.1 Å². The van der Waals surface area contributed by atoms with Gasteiger partial charge in [0.15, 0.2) is 6.20 Å². The molecule has 0 aliphatic carbocycles. The Hall–Kier alpha value is -2.94. The number of imidazole rings is 1. The number of rotatable bonds is 1. The van der Waals surface area contributed by atoms with Crippen LogP contribution in [0.2, 0.25) is 0 Å². The van der Waals surface area contributed by atoms with Crippen molar-refractivity contribution in [3.05, 3.63) is 77.2 Å². The van der Waals surface area contributed by atoms with E-state index in [9.17, 15) is 0 Å². The van der Waals surface area contributed by atoms with Crippen molar-refractivity contribution in [3.8, 4) is 16.9 Å². The highest BCUT2D eigenvalue weighted by molar-refractivity contribution is 5.82. The molecule has 0 spiro atoms. The summed E-state index contributed by atoms with van der Waals surface area (Å²) in [6.07, 6.45) is 3.12. The number of hydrogen-bond donors (Lipinski definition) is 0. The Morgan fingerprint density at radius 1 is 1.04 bits per heavy atom. The van der Waals surface area contributed by atoms with Gasteiger partial charge in [0.1, 0.15) is 23.9 Å². The molecule has 0 unspecified atom stereocenters. The van der Waals surface area contributed by atoms with Crippen LogP contribution in [0.4, 0.5) is 0 Å². The molecule has 0 N–H and O–H groups in total. The summed E-state index contributed by atoms with van der Waals surface area (Å²) in [5.41, 5.74) is 9.93. The van der Waals surface area contributed by atoms with Crippen molar-refractivity contribution in [2.45, 2.75) is 20.3 Å². The first-order valence-electron chi connectivity index (χ1n) is 8.69. The minimum atomic E-state index is 0.910. The van der Waals surface area contributed by atoms with Gasteiger partial charge < -0.3 is 0 Å². The number of benzene rings is 2. The standard InChI is InChI=1S/C22H20N3/c1-14-8-9-17(15(2)10-14)20-12-18-21(13-24(20)3)25-19-7-5-4-6-16(19)11-22(25)23-18/h4-10,12-13H,11H2,1-3H3/q+1. The van der Waals surface area contributed by atoms with E-state index < -0.39 is 0 Å². The minimum Gasteiger partial charge on any atom is -0.291 e. The van der Waals surface area contributed by atoms with Crippen LogP contribution in [0.15, 0.2) is 54.7 Å². The van der Waals surface area contributed by atoms with Crippen LogP contribution in [0, 0.1) is 13.8 Å². The molecule has 0 saturated carbocycles. The third-order valence-electron chi connectivity index (χ3n) is 5.22. The molecule has 25 heavy (non-hydrogen) atoms. The van der Waals surface area contributed by atoms with E-state index >= 15 is 0 Å². The van der Waals surface area contributed by atoms with Gasteiger partial charge in [0.05, 0.1) is 5.69 Å². The van der Waals surface area contributed by atoms with E-state index in [0.717, 1.165) is 17.8 Å². The second-order valence-electron chi connectivity index (χ2n) is 7.03. The first kappa shape index (κ1) is 14.4. The van der Waals surface area contributed by atoms with Crippen molar-refractivity contribution in [2.75, 3.05) is 0 Å². The molecule has 2 aromatic heterocycles. The topological polar surface area (TPSA) is 21.7 Å². The van der Waals surface area contributed by atoms with Gasteiger partial charge in [-0.1, -0.05) is 35.9 Å². The van der Waals surface area contributed by atoms with E-state index in [1.807, 2.05) is 0 Å². The number of fused-ring (bicyclic) bond motifs is 5. The summed E-state index contributed by atoms with van der Waals surface area (Å²) in [5.74, 6) is 1.13. The van der Waals surface area contributed by atoms with Crippen LogP contribution >= 0.6 is 0 Å². The summed E-state index contributed by atoms with van der Waals surface area (Å²) in [4.78, 5) is 4.93. The first-order valence-corrected chi connectivity index (χ1v) is 8.69. The van der Waals surface area contributed by atoms with E-state index in [1.54, 1.807) is 0 Å². The number of nitrogens with zero attached hydrogens (tertiary/aromatic N) is 3. The number of hydrogen-bond acceptors (Lipinski definition) is 1. The predicted octanol–water partition coefficient (Wildman–Crippen LogP) is 4.04. The Kier molecular flexibility index (Phi) is 2.90. The minimum absolute atomic E-state index is 0.910. The fourth-order valence-corrected chi connectivity index (χ4v) is 4.02. The van der Waals surface area contributed by atoms with Gasteiger partial charge in [0.2, 0.25) is 5.69 Å². The quantitative estimate of drug-likeness (QED) is 0.426. The van der Waals surface area contributed by atoms with Crippen LogP contribution in [0.25, 0.3) is 28.0 Å². The van der Waals surface area contributed by atoms with Crippen LogP contribution in [-0.4, -0.2) is 9.55 Å². The molecule has 0 saturated heterocycles. The van der Waals surface area contributed by atoms with E-state index in [-0.39, 0.29) is 0 Å². The Balaban J connectivity index is 1.75. The number of pyridine rings is 1. The van der Waals surface area contributed by atoms with Crippen molar-refractivity contribution >= 4 is 11.0 Å². The lowest BCUT2D eigenvalue weighted by molar-refractivity contribution is -0.659. The molecule has 1 aliphatic heterocycles. The van der Waals surface area contributed by atoms with Crippen LogP contribution in [-0.2, 0) is 13.5 Å². The molecular weight excluding hydrogens is 306 g/mol. The summed E-state index contributed by atoms with van der Waals surface area (Å²) in [5, 5.41) is 0. The Morgan fingerprint density at radius 2 is 1.88 bits per heavy atom. The fourth-order valence-electron chi connectivity index (χ4n) is 4.02. The van der Waals surface area contributed by atoms with Gasteiger partial charge in [-0.15, -0.1) is 0 Å². The molecule has 3 nitrogen and oxygen atoms in total. The van der Waals surface area contributed by atoms with Crippen molar-refractivity contribution in [2.24, 2.45) is 7.05 Å². The third kappa shape index (κ3) is 2.05. The molecule has 0 bridgehead atoms. The van der Waals surface area contributed by atoms with Crippen molar-refractivity contribution in [3.63, 3.8) is 0 Å². The molecule has 3 heterocycles. The van der Waals surface area contributed by atoms with E-state index in [4.69, 9.17) is 4.98 Å². The average Bonchev–Trinajstić information content (AvgIpc) is 3.10. The molecule has 0 radical (unpaired) electrons. The molecule has 1 aliphatic rings. The maximum atomic E-state index is 4.93. The van der Waals surface area contributed by atoms with E-state index in [0.29, 0.717) is 0 Å². The van der Waals surface area contributed by atoms with Crippen LogP contribution in [0.5, 0.6) is 0 Å². The highest BCUT2D eigenvalue weighted by Gasteiger charge is 2.25. The average molecular weight is 326 g/mol. The largest absolute Gasteiger partial charge is 0.291 e. The van der Waals surface area contributed by atoms with Crippen molar-refractivity contribution < 1.29 is 4.57 Å². The zero-order chi connectivity index (χ0) is 17.1. The van der Waals surface area contributed by atoms with Crippen LogP contribution < -0.4 is 4.57 Å². The summed E-state index contributed by atoms with van der Waals surface area (Å²) in [7, 11) is 2.12. The SMILES string of the molecule is Cc1ccc(-c2cc3nc4n(c3c[n+]2C)-c2ccccc2C4)c(C)c1. The Labute approximate surface area is 147 Å². The monoisotopic (exact) mass is 326 g/mol. The first-order chi connectivity index (χ1) is 12.1. The highest BCUT2D eigenvalue weighted by Crippen LogP contribution is 2.32. The van der Waals surface area contributed by atoms with Crippen LogP contribution in [0.1, 0.15) is 22.5 Å². The predicted molar refractivity (Wildman–Crippen MR) is 100.0 cm³/mol. The van der Waals surface area contributed by atoms with Gasteiger partial charge in [-0.3, -0.25) is 4.57 Å². The lowest BCUT2D eigenvalue weighted by atomic mass is 10.0. The van der Waals surface area contributed by atoms with Crippen molar-refractivity contribution in [1.29, 1.82) is 0 Å². The molecular formula is C22H20N3+. The lowest BCUT2D eigenvalue weighted by Crippen LogP contribution is -2.31. The summed E-state index contributed by atoms with van der Waals surface area (Å²) < 4.78 is 4.52. The van der Waals surface area contributed by atoms with Gasteiger partial charge >= 0.3 is 0 Å². The lowest BCUT2D eigenvalue weighted by Gasteiger charge is -2.07. The van der Waals surface area contributed by atoms with Crippen LogP contribution in [0.3, 0.4) is 0 Å². The normalized spacial score (nSPS) is 12.4. The third-order valence-corrected chi connectivity index (χ3v) is 5.22. The van der Waals surface area contributed by atoms with Gasteiger partial charge in [-0.25, -0.2) is 4.98 Å². The molecule has 0 fully saturated rings. The number of aryl methyl sites for hydroxylation is 3. The highest BCUT2D eigenvalue weighted by atomic mass is 15.1. The second kappa shape index (κ2) is 5.03. The summed E-state index contributed by atoms with van der Waals surface area (Å²) in [6, 6.07) is 17.4. The Bertz CT molecular complexity index is 1150. The second-order valence-corrected chi connectivity index (χ2v) is 7.03. The zero-order valence-corrected chi connectivity index (χ0v) is 14.7. The molecule has 3 heteroatoms. The Morgan fingerprint density at radius 3 is 2.72 bits per heavy atom. The van der Waals surface area contributed by atoms with Gasteiger partial charge in [0, 0.05) is 18.1 Å². The summed E-state index contributed by atoms with van der Waals surface area (Å²) >= 11 is 0. The van der Waals surface area contributed by atoms with E-state index in [1.165, 1.54) is 39.2 Å². The molecule has 4 aromatic rings. The number of para-hydroxylation sites is 1. The fraction of sp³-hybridized carbons (Fsp3) is 0.182. The maximum absolute atomic E-state index is 4.93. The summed E-state index contributed by atoms with van der Waals surface area (Å²) in [6.45, 7) is 4.31. The molecule has 0 amide bonds. The molecule has 5 rings (SSSR count). The molecule has 0 atom stereocenters. The zero-order valence-electron chi connectivity index (χ0n) is 14.7. The molecule has 2 aromatic carbocycles. The number of aromatic nitrogens is 3. The smallest absolute Gasteiger partial charge is 0.214 e. The molecule has 122 valence electrons. The maximum Gasteiger partial charge on any atom is 0.214 e. The van der Waals surface area contributed by atoms with Gasteiger partial charge in [0.25, 0.3) is 0 Å². The van der Waals surface area contributed by atoms with Crippen molar-refractivity contribution in [1.82, 2.24) is 9.55 Å².